The molecule has 0 spiro atoms. The molecule has 0 unspecified atom stereocenters. The van der Waals surface area contributed by atoms with E-state index in [0.717, 1.165) is 43.8 Å². The van der Waals surface area contributed by atoms with Crippen molar-refractivity contribution in [2.45, 2.75) is 25.7 Å². The van der Waals surface area contributed by atoms with Gasteiger partial charge >= 0.3 is 0 Å². The van der Waals surface area contributed by atoms with Crippen molar-refractivity contribution < 1.29 is 18.4 Å². The van der Waals surface area contributed by atoms with Gasteiger partial charge in [-0.1, -0.05) is 6.07 Å². The highest BCUT2D eigenvalue weighted by molar-refractivity contribution is 5.91. The molecule has 2 aromatic carbocycles. The maximum absolute atomic E-state index is 13.2. The van der Waals surface area contributed by atoms with E-state index < -0.39 is 11.6 Å². The van der Waals surface area contributed by atoms with Crippen molar-refractivity contribution in [3.63, 3.8) is 0 Å². The lowest BCUT2D eigenvalue weighted by Crippen LogP contribution is -2.38. The summed E-state index contributed by atoms with van der Waals surface area (Å²) >= 11 is 0. The highest BCUT2D eigenvalue weighted by Gasteiger charge is 2.23. The number of nitrogens with one attached hydrogen (secondary N) is 1. The van der Waals surface area contributed by atoms with Gasteiger partial charge in [-0.05, 0) is 61.2 Å². The number of rotatable bonds is 6. The van der Waals surface area contributed by atoms with E-state index in [1.807, 2.05) is 24.3 Å². The van der Waals surface area contributed by atoms with Crippen LogP contribution < -0.4 is 16.0 Å². The van der Waals surface area contributed by atoms with Crippen LogP contribution in [0.5, 0.6) is 0 Å². The van der Waals surface area contributed by atoms with Crippen LogP contribution in [0.15, 0.2) is 42.5 Å². The van der Waals surface area contributed by atoms with Crippen LogP contribution in [0.25, 0.3) is 0 Å². The van der Waals surface area contributed by atoms with Crippen LogP contribution in [-0.2, 0) is 16.0 Å². The zero-order valence-electron chi connectivity index (χ0n) is 15.5. The van der Waals surface area contributed by atoms with Crippen molar-refractivity contribution in [1.82, 2.24) is 0 Å². The Bertz CT molecular complexity index is 847. The molecule has 1 aliphatic heterocycles. The zero-order valence-corrected chi connectivity index (χ0v) is 15.5. The van der Waals surface area contributed by atoms with Crippen LogP contribution in [0.4, 0.5) is 20.2 Å². The molecule has 1 aliphatic rings. The van der Waals surface area contributed by atoms with Gasteiger partial charge in [-0.3, -0.25) is 9.59 Å². The van der Waals surface area contributed by atoms with Crippen molar-refractivity contribution in [2.75, 3.05) is 23.3 Å². The first kappa shape index (κ1) is 19.8. The Morgan fingerprint density at radius 2 is 1.71 bits per heavy atom. The number of piperidine rings is 1. The summed E-state index contributed by atoms with van der Waals surface area (Å²) in [5.74, 6) is -2.29. The Kier molecular flexibility index (Phi) is 6.23. The van der Waals surface area contributed by atoms with Gasteiger partial charge in [0.1, 0.15) is 0 Å². The van der Waals surface area contributed by atoms with Gasteiger partial charge in [0, 0.05) is 36.8 Å². The van der Waals surface area contributed by atoms with Crippen molar-refractivity contribution in [3.05, 3.63) is 59.7 Å². The fraction of sp³-hybridized carbons (Fsp3) is 0.333. The Hall–Kier alpha value is -2.96. The molecule has 0 atom stereocenters. The summed E-state index contributed by atoms with van der Waals surface area (Å²) in [7, 11) is 0. The predicted octanol–water partition coefficient (Wildman–Crippen LogP) is 3.24. The number of nitrogens with zero attached hydrogens (tertiary/aromatic N) is 1. The van der Waals surface area contributed by atoms with Crippen LogP contribution in [-0.4, -0.2) is 24.9 Å². The average Bonchev–Trinajstić information content (AvgIpc) is 2.69. The molecule has 148 valence electrons. The summed E-state index contributed by atoms with van der Waals surface area (Å²) in [5.41, 5.74) is 7.64. The van der Waals surface area contributed by atoms with Crippen LogP contribution in [0.2, 0.25) is 0 Å². The van der Waals surface area contributed by atoms with Crippen LogP contribution >= 0.6 is 0 Å². The molecule has 28 heavy (non-hydrogen) atoms. The number of hydrogen-bond acceptors (Lipinski definition) is 3. The summed E-state index contributed by atoms with van der Waals surface area (Å²) in [5, 5.41) is 2.80. The van der Waals surface area contributed by atoms with E-state index in [-0.39, 0.29) is 24.2 Å². The third kappa shape index (κ3) is 5.06. The van der Waals surface area contributed by atoms with Gasteiger partial charge in [-0.2, -0.15) is 0 Å². The molecule has 3 N–H and O–H groups in total. The van der Waals surface area contributed by atoms with E-state index in [1.165, 1.54) is 6.07 Å². The fourth-order valence-corrected chi connectivity index (χ4v) is 3.35. The SMILES string of the molecule is NC(=O)C1CCN(c2ccc(NC(=O)CCc3ccc(F)c(F)c3)cc2)CC1. The number of nitrogens with two attached hydrogens (primary N) is 1. The lowest BCUT2D eigenvalue weighted by Gasteiger charge is -2.32. The minimum Gasteiger partial charge on any atom is -0.371 e. The van der Waals surface area contributed by atoms with Gasteiger partial charge in [0.15, 0.2) is 11.6 Å². The smallest absolute Gasteiger partial charge is 0.224 e. The van der Waals surface area contributed by atoms with E-state index in [0.29, 0.717) is 17.7 Å². The van der Waals surface area contributed by atoms with E-state index >= 15 is 0 Å². The first-order valence-electron chi connectivity index (χ1n) is 9.30. The Morgan fingerprint density at radius 1 is 1.04 bits per heavy atom. The molecule has 2 amide bonds. The minimum absolute atomic E-state index is 0.0515. The van der Waals surface area contributed by atoms with Gasteiger partial charge in [0.25, 0.3) is 0 Å². The number of hydrogen-bond donors (Lipinski definition) is 2. The number of aryl methyl sites for hydroxylation is 1. The fourth-order valence-electron chi connectivity index (χ4n) is 3.35. The summed E-state index contributed by atoms with van der Waals surface area (Å²) < 4.78 is 26.1. The van der Waals surface area contributed by atoms with Crippen LogP contribution in [0.3, 0.4) is 0 Å². The molecule has 3 rings (SSSR count). The summed E-state index contributed by atoms with van der Waals surface area (Å²) in [6.45, 7) is 1.54. The number of carbonyl (C=O) groups excluding carboxylic acids is 2. The zero-order chi connectivity index (χ0) is 20.1. The van der Waals surface area contributed by atoms with Crippen LogP contribution in [0.1, 0.15) is 24.8 Å². The molecular weight excluding hydrogens is 364 g/mol. The maximum atomic E-state index is 13.2. The van der Waals surface area contributed by atoms with Gasteiger partial charge in [-0.25, -0.2) is 8.78 Å². The van der Waals surface area contributed by atoms with Gasteiger partial charge in [0.05, 0.1) is 0 Å². The van der Waals surface area contributed by atoms with E-state index in [9.17, 15) is 18.4 Å². The molecule has 0 radical (unpaired) electrons. The second-order valence-corrected chi connectivity index (χ2v) is 7.01. The lowest BCUT2D eigenvalue weighted by molar-refractivity contribution is -0.122. The van der Waals surface area contributed by atoms with Crippen molar-refractivity contribution in [3.8, 4) is 0 Å². The molecule has 7 heteroatoms. The third-order valence-corrected chi connectivity index (χ3v) is 5.04. The van der Waals surface area contributed by atoms with Gasteiger partial charge in [0.2, 0.25) is 11.8 Å². The number of carbonyl (C=O) groups is 2. The molecule has 5 nitrogen and oxygen atoms in total. The van der Waals surface area contributed by atoms with E-state index in [1.54, 1.807) is 0 Å². The van der Waals surface area contributed by atoms with E-state index in [4.69, 9.17) is 5.73 Å². The highest BCUT2D eigenvalue weighted by atomic mass is 19.2. The standard InChI is InChI=1S/C21H23F2N3O2/c22-18-7-1-14(13-19(18)23)2-8-20(27)25-16-3-5-17(6-4-16)26-11-9-15(10-12-26)21(24)28/h1,3-7,13,15H,2,8-12H2,(H2,24,28)(H,25,27). The van der Waals surface area contributed by atoms with Crippen molar-refractivity contribution >= 4 is 23.2 Å². The second kappa shape index (κ2) is 8.82. The maximum Gasteiger partial charge on any atom is 0.224 e. The van der Waals surface area contributed by atoms with Crippen molar-refractivity contribution in [1.29, 1.82) is 0 Å². The summed E-state index contributed by atoms with van der Waals surface area (Å²) in [6, 6.07) is 11.1. The molecule has 0 aliphatic carbocycles. The normalized spacial score (nSPS) is 14.7. The molecule has 0 bridgehead atoms. The van der Waals surface area contributed by atoms with Gasteiger partial charge in [-0.15, -0.1) is 0 Å². The highest BCUT2D eigenvalue weighted by Crippen LogP contribution is 2.24. The lowest BCUT2D eigenvalue weighted by atomic mass is 9.96. The molecule has 1 saturated heterocycles. The third-order valence-electron chi connectivity index (χ3n) is 5.04. The van der Waals surface area contributed by atoms with Crippen molar-refractivity contribution in [2.24, 2.45) is 11.7 Å². The Morgan fingerprint density at radius 3 is 2.32 bits per heavy atom. The second-order valence-electron chi connectivity index (χ2n) is 7.01. The largest absolute Gasteiger partial charge is 0.371 e. The number of primary amides is 1. The Balaban J connectivity index is 1.49. The molecule has 0 aromatic heterocycles. The minimum atomic E-state index is -0.909. The Labute approximate surface area is 162 Å². The summed E-state index contributed by atoms with van der Waals surface area (Å²) in [4.78, 5) is 25.5. The topological polar surface area (TPSA) is 75.4 Å². The quantitative estimate of drug-likeness (QED) is 0.799. The molecule has 2 aromatic rings. The van der Waals surface area contributed by atoms with Gasteiger partial charge < -0.3 is 16.0 Å². The van der Waals surface area contributed by atoms with Crippen LogP contribution in [0, 0.1) is 17.6 Å². The summed E-state index contributed by atoms with van der Waals surface area (Å²) in [6.07, 6.45) is 2.00. The first-order valence-corrected chi connectivity index (χ1v) is 9.30. The average molecular weight is 387 g/mol. The van der Waals surface area contributed by atoms with E-state index in [2.05, 4.69) is 10.2 Å². The predicted molar refractivity (Wildman–Crippen MR) is 104 cm³/mol. The molecule has 0 saturated carbocycles. The number of halogens is 2. The number of benzene rings is 2. The number of anilines is 2. The first-order chi connectivity index (χ1) is 13.4. The molecule has 1 heterocycles. The molecular formula is C21H23F2N3O2. The molecule has 1 fully saturated rings. The number of amides is 2. The monoisotopic (exact) mass is 387 g/mol.